The largest absolute Gasteiger partial charge is 0.481 e. The minimum atomic E-state index is -1.17. The molecule has 0 aliphatic carbocycles. The molecule has 0 spiro atoms. The molecule has 10 heavy (non-hydrogen) atoms. The molecule has 1 unspecified atom stereocenters. The predicted molar refractivity (Wildman–Crippen MR) is 32.5 cm³/mol. The normalized spacial score (nSPS) is 12.5. The highest BCUT2D eigenvalue weighted by Crippen LogP contribution is 1.93. The van der Waals surface area contributed by atoms with Gasteiger partial charge in [0.15, 0.2) is 0 Å². The summed E-state index contributed by atoms with van der Waals surface area (Å²) in [7, 11) is 0. The number of hydrogen-bond donors (Lipinski definition) is 3. The van der Waals surface area contributed by atoms with Gasteiger partial charge in [-0.25, -0.2) is 0 Å². The van der Waals surface area contributed by atoms with Crippen LogP contribution in [0.2, 0.25) is 0 Å². The van der Waals surface area contributed by atoms with Gasteiger partial charge >= 0.3 is 11.9 Å². The summed E-state index contributed by atoms with van der Waals surface area (Å²) < 4.78 is 0. The number of carbonyl (C=O) groups is 2. The van der Waals surface area contributed by atoms with Crippen LogP contribution in [0.25, 0.3) is 0 Å². The van der Waals surface area contributed by atoms with E-state index >= 15 is 0 Å². The number of hydrogen-bond acceptors (Lipinski definition) is 3. The average molecular weight is 148 g/mol. The molecule has 0 aromatic rings. The van der Waals surface area contributed by atoms with Gasteiger partial charge in [0.1, 0.15) is 6.04 Å². The van der Waals surface area contributed by atoms with Gasteiger partial charge in [0.05, 0.1) is 0 Å². The third-order valence-corrected chi connectivity index (χ3v) is 0.986. The molecule has 0 heterocycles. The summed E-state index contributed by atoms with van der Waals surface area (Å²) in [5.74, 6) is -2.20. The Morgan fingerprint density at radius 3 is 2.20 bits per heavy atom. The lowest BCUT2D eigenvalue weighted by Crippen LogP contribution is -2.30. The van der Waals surface area contributed by atoms with Crippen molar-refractivity contribution in [3.63, 3.8) is 0 Å². The molecule has 0 amide bonds. The van der Waals surface area contributed by atoms with Crippen molar-refractivity contribution in [1.29, 1.82) is 0 Å². The SMILES string of the molecule is N[13CH](CCC(=O)O)C(=O)O. The van der Waals surface area contributed by atoms with Gasteiger partial charge in [0.25, 0.3) is 0 Å². The number of rotatable bonds is 4. The van der Waals surface area contributed by atoms with Crippen molar-refractivity contribution in [1.82, 2.24) is 0 Å². The molecule has 0 rings (SSSR count). The lowest BCUT2D eigenvalue weighted by Gasteiger charge is -2.01. The van der Waals surface area contributed by atoms with Crippen molar-refractivity contribution in [2.45, 2.75) is 18.9 Å². The highest BCUT2D eigenvalue weighted by atomic mass is 16.4. The standard InChI is InChI=1S/C5H9NO4/c6-3(5(9)10)1-2-4(7)8/h3H,1-2,6H2,(H,7,8)(H,9,10)/i3+1. The lowest BCUT2D eigenvalue weighted by atomic mass is 10.4. The van der Waals surface area contributed by atoms with Crippen LogP contribution in [0.4, 0.5) is 0 Å². The van der Waals surface area contributed by atoms with Crippen LogP contribution in [-0.2, 0) is 9.59 Å². The fourth-order valence-corrected chi connectivity index (χ4v) is 0.402. The molecular formula is C5H9NO4. The smallest absolute Gasteiger partial charge is 0.320 e. The Bertz CT molecular complexity index is 145. The summed E-state index contributed by atoms with van der Waals surface area (Å²) in [5, 5.41) is 16.3. The second kappa shape index (κ2) is 3.84. The van der Waals surface area contributed by atoms with Gasteiger partial charge in [-0.2, -0.15) is 0 Å². The van der Waals surface area contributed by atoms with Crippen LogP contribution in [0.1, 0.15) is 12.8 Å². The van der Waals surface area contributed by atoms with Crippen LogP contribution in [0.15, 0.2) is 0 Å². The highest BCUT2D eigenvalue weighted by Gasteiger charge is 2.12. The Morgan fingerprint density at radius 2 is 1.90 bits per heavy atom. The monoisotopic (exact) mass is 148 g/mol. The van der Waals surface area contributed by atoms with Gasteiger partial charge < -0.3 is 15.9 Å². The first kappa shape index (κ1) is 8.90. The van der Waals surface area contributed by atoms with Crippen LogP contribution in [0.5, 0.6) is 0 Å². The molecule has 0 saturated heterocycles. The molecule has 4 N–H and O–H groups in total. The molecular weight excluding hydrogens is 139 g/mol. The van der Waals surface area contributed by atoms with Crippen molar-refractivity contribution in [3.8, 4) is 0 Å². The third-order valence-electron chi connectivity index (χ3n) is 0.986. The van der Waals surface area contributed by atoms with Crippen LogP contribution < -0.4 is 5.73 Å². The van der Waals surface area contributed by atoms with E-state index in [1.807, 2.05) is 0 Å². The summed E-state index contributed by atoms with van der Waals surface area (Å²) in [6.45, 7) is 0. The van der Waals surface area contributed by atoms with Crippen molar-refractivity contribution in [2.24, 2.45) is 5.73 Å². The minimum Gasteiger partial charge on any atom is -0.481 e. The first-order valence-corrected chi connectivity index (χ1v) is 2.74. The van der Waals surface area contributed by atoms with E-state index in [2.05, 4.69) is 0 Å². The minimum absolute atomic E-state index is 0.0231. The van der Waals surface area contributed by atoms with Gasteiger partial charge in [0.2, 0.25) is 0 Å². The van der Waals surface area contributed by atoms with Crippen molar-refractivity contribution in [2.75, 3.05) is 0 Å². The Labute approximate surface area is 57.5 Å². The molecule has 5 heteroatoms. The zero-order valence-corrected chi connectivity index (χ0v) is 5.28. The van der Waals surface area contributed by atoms with E-state index in [4.69, 9.17) is 15.9 Å². The maximum absolute atomic E-state index is 9.99. The van der Waals surface area contributed by atoms with Crippen LogP contribution >= 0.6 is 0 Å². The molecule has 5 nitrogen and oxygen atoms in total. The van der Waals surface area contributed by atoms with Gasteiger partial charge in [-0.15, -0.1) is 0 Å². The van der Waals surface area contributed by atoms with E-state index in [1.165, 1.54) is 0 Å². The average Bonchev–Trinajstić information content (AvgIpc) is 1.82. The first-order chi connectivity index (χ1) is 4.54. The van der Waals surface area contributed by atoms with Gasteiger partial charge in [-0.3, -0.25) is 9.59 Å². The van der Waals surface area contributed by atoms with E-state index in [9.17, 15) is 9.59 Å². The molecule has 0 aliphatic heterocycles. The van der Waals surface area contributed by atoms with Crippen molar-refractivity contribution >= 4 is 11.9 Å². The Morgan fingerprint density at radius 1 is 1.40 bits per heavy atom. The van der Waals surface area contributed by atoms with E-state index in [1.54, 1.807) is 0 Å². The number of aliphatic carboxylic acids is 2. The molecule has 58 valence electrons. The van der Waals surface area contributed by atoms with Gasteiger partial charge in [-0.05, 0) is 6.42 Å². The highest BCUT2D eigenvalue weighted by molar-refractivity contribution is 5.74. The summed E-state index contributed by atoms with van der Waals surface area (Å²) >= 11 is 0. The molecule has 0 fully saturated rings. The molecule has 1 atom stereocenters. The van der Waals surface area contributed by atoms with Crippen LogP contribution in [-0.4, -0.2) is 28.2 Å². The van der Waals surface area contributed by atoms with Gasteiger partial charge in [0, 0.05) is 6.42 Å². The van der Waals surface area contributed by atoms with E-state index in [0.29, 0.717) is 0 Å². The maximum atomic E-state index is 9.99. The molecule has 0 bridgehead atoms. The van der Waals surface area contributed by atoms with Crippen LogP contribution in [0, 0.1) is 0 Å². The van der Waals surface area contributed by atoms with E-state index < -0.39 is 18.0 Å². The molecule has 0 saturated carbocycles. The number of nitrogens with two attached hydrogens (primary N) is 1. The van der Waals surface area contributed by atoms with Crippen molar-refractivity contribution in [3.05, 3.63) is 0 Å². The summed E-state index contributed by atoms with van der Waals surface area (Å²) in [5.41, 5.74) is 5.00. The molecule has 0 aromatic carbocycles. The zero-order chi connectivity index (χ0) is 8.15. The molecule has 0 aromatic heterocycles. The van der Waals surface area contributed by atoms with E-state index in [-0.39, 0.29) is 12.8 Å². The Balaban J connectivity index is 3.49. The molecule has 0 aliphatic rings. The van der Waals surface area contributed by atoms with Crippen molar-refractivity contribution < 1.29 is 19.8 Å². The number of carboxylic acid groups (broad SMARTS) is 2. The summed E-state index contributed by atoms with van der Waals surface area (Å²) in [6, 6.07) is -1.06. The lowest BCUT2D eigenvalue weighted by molar-refractivity contribution is -0.139. The fraction of sp³-hybridized carbons (Fsp3) is 0.600. The molecule has 0 radical (unpaired) electrons. The first-order valence-electron chi connectivity index (χ1n) is 2.74. The van der Waals surface area contributed by atoms with E-state index in [0.717, 1.165) is 0 Å². The summed E-state index contributed by atoms with van der Waals surface area (Å²) in [4.78, 5) is 19.9. The third kappa shape index (κ3) is 3.85. The van der Waals surface area contributed by atoms with Crippen LogP contribution in [0.3, 0.4) is 0 Å². The summed E-state index contributed by atoms with van der Waals surface area (Å²) in [6.07, 6.45) is -0.224. The zero-order valence-electron chi connectivity index (χ0n) is 5.28. The topological polar surface area (TPSA) is 101 Å². The fourth-order valence-electron chi connectivity index (χ4n) is 0.402. The number of carboxylic acids is 2. The second-order valence-electron chi connectivity index (χ2n) is 1.88. The predicted octanol–water partition coefficient (Wildman–Crippen LogP) is -0.737. The second-order valence-corrected chi connectivity index (χ2v) is 1.88. The maximum Gasteiger partial charge on any atom is 0.320 e. The Kier molecular flexibility index (Phi) is 3.42. The quantitative estimate of drug-likeness (QED) is 0.456. The Hall–Kier alpha value is -1.10. The van der Waals surface area contributed by atoms with Gasteiger partial charge in [-0.1, -0.05) is 0 Å².